The molecule has 0 saturated carbocycles. The minimum absolute atomic E-state index is 0. The van der Waals surface area contributed by atoms with Gasteiger partial charge in [0.05, 0.1) is 12.5 Å². The fourth-order valence-electron chi connectivity index (χ4n) is 0.161. The summed E-state index contributed by atoms with van der Waals surface area (Å²) in [5, 5.41) is 15.7. The zero-order valence-electron chi connectivity index (χ0n) is 8.64. The van der Waals surface area contributed by atoms with Crippen molar-refractivity contribution in [2.45, 2.75) is 35.6 Å². The molecule has 0 spiro atoms. The second kappa shape index (κ2) is 54.3. The van der Waals surface area contributed by atoms with Crippen LogP contribution in [0.25, 0.3) is 0 Å². The number of hydrogen-bond acceptors (Lipinski definition) is 2. The van der Waals surface area contributed by atoms with Crippen molar-refractivity contribution in [2.24, 2.45) is 0 Å². The van der Waals surface area contributed by atoms with Crippen molar-refractivity contribution >= 4 is 0 Å². The van der Waals surface area contributed by atoms with Gasteiger partial charge >= 0.3 is 0 Å². The van der Waals surface area contributed by atoms with Gasteiger partial charge in [0.15, 0.2) is 0 Å². The highest BCUT2D eigenvalue weighted by Gasteiger charge is 1.50. The third-order valence-electron chi connectivity index (χ3n) is 0.539. The Kier molecular flexibility index (Phi) is 106. The lowest BCUT2D eigenvalue weighted by atomic mass is 10.5. The van der Waals surface area contributed by atoms with Crippen molar-refractivity contribution in [3.8, 4) is 0 Å². The lowest BCUT2D eigenvalue weighted by Gasteiger charge is -1.63. The van der Waals surface area contributed by atoms with E-state index in [1.165, 1.54) is 0 Å². The number of hydrogen-bond donors (Lipinski definition) is 2. The van der Waals surface area contributed by atoms with E-state index in [4.69, 9.17) is 10.2 Å². The fourth-order valence-corrected chi connectivity index (χ4v) is 0.161. The Morgan fingerprint density at radius 3 is 1.20 bits per heavy atom. The van der Waals surface area contributed by atoms with E-state index in [-0.39, 0.29) is 14.9 Å². The van der Waals surface area contributed by atoms with Crippen molar-refractivity contribution in [1.82, 2.24) is 0 Å². The summed E-state index contributed by atoms with van der Waals surface area (Å²) in [4.78, 5) is 0. The van der Waals surface area contributed by atoms with Crippen LogP contribution in [0, 0.1) is 0 Å². The van der Waals surface area contributed by atoms with Crippen LogP contribution in [0.1, 0.15) is 35.6 Å². The lowest BCUT2D eigenvalue weighted by molar-refractivity contribution is 0.472. The second-order valence-corrected chi connectivity index (χ2v) is 1.76. The van der Waals surface area contributed by atoms with Crippen LogP contribution in [0.2, 0.25) is 0 Å². The number of allylic oxidation sites excluding steroid dienone is 5. The smallest absolute Gasteiger partial charge is 0.0791 e. The molecule has 0 atom stereocenters. The first kappa shape index (κ1) is 29.2. The first-order chi connectivity index (χ1) is 6.24. The van der Waals surface area contributed by atoms with E-state index >= 15 is 0 Å². The maximum Gasteiger partial charge on any atom is 0.0791 e. The topological polar surface area (TPSA) is 40.5 Å². The Morgan fingerprint density at radius 1 is 0.800 bits per heavy atom. The molecular formula is C13H28O2. The van der Waals surface area contributed by atoms with Crippen molar-refractivity contribution in [1.29, 1.82) is 0 Å². The largest absolute Gasteiger partial charge is 0.516 e. The molecule has 0 unspecified atom stereocenters. The van der Waals surface area contributed by atoms with Gasteiger partial charge in [-0.3, -0.25) is 0 Å². The lowest BCUT2D eigenvalue weighted by Crippen LogP contribution is -1.44. The predicted molar refractivity (Wildman–Crippen MR) is 73.4 cm³/mol. The molecule has 0 aliphatic rings. The molecule has 0 aromatic rings. The molecule has 92 valence electrons. The van der Waals surface area contributed by atoms with Crippen LogP contribution in [0.15, 0.2) is 49.5 Å². The Bertz CT molecular complexity index is 131. The standard InChI is InChI=1S/C5H8O.C3H6O.C3H6.2CH4/c1-2-3-4-5-6;1-2-3-4;1-3-2;;/h2-6H,1H3;2-4H,1H3;3H,1H2,2H3;2*1H4/b3-2+,5-4-;3-2-;;;. The minimum atomic E-state index is 0. The van der Waals surface area contributed by atoms with Gasteiger partial charge in [-0.15, -0.1) is 6.58 Å². The Morgan fingerprint density at radius 2 is 1.13 bits per heavy atom. The van der Waals surface area contributed by atoms with Crippen molar-refractivity contribution < 1.29 is 10.2 Å². The van der Waals surface area contributed by atoms with Gasteiger partial charge in [0.1, 0.15) is 0 Å². The van der Waals surface area contributed by atoms with Crippen molar-refractivity contribution in [2.75, 3.05) is 0 Å². The monoisotopic (exact) mass is 216 g/mol. The molecule has 15 heavy (non-hydrogen) atoms. The van der Waals surface area contributed by atoms with Gasteiger partial charge in [0, 0.05) is 0 Å². The van der Waals surface area contributed by atoms with Gasteiger partial charge in [-0.25, -0.2) is 0 Å². The molecule has 0 aromatic carbocycles. The van der Waals surface area contributed by atoms with Crippen LogP contribution in [0.4, 0.5) is 0 Å². The quantitative estimate of drug-likeness (QED) is 0.360. The van der Waals surface area contributed by atoms with Crippen LogP contribution in [0.5, 0.6) is 0 Å². The van der Waals surface area contributed by atoms with Crippen molar-refractivity contribution in [3.63, 3.8) is 0 Å². The van der Waals surface area contributed by atoms with Gasteiger partial charge in [-0.05, 0) is 26.8 Å². The molecule has 0 aliphatic carbocycles. The zero-order valence-corrected chi connectivity index (χ0v) is 8.64. The fraction of sp³-hybridized carbons (Fsp3) is 0.385. The maximum absolute atomic E-state index is 7.97. The maximum atomic E-state index is 7.97. The Labute approximate surface area is 96.0 Å². The number of aliphatic hydroxyl groups excluding tert-OH is 2. The first-order valence-corrected chi connectivity index (χ1v) is 3.99. The first-order valence-electron chi connectivity index (χ1n) is 3.99. The van der Waals surface area contributed by atoms with Crippen LogP contribution in [0.3, 0.4) is 0 Å². The molecule has 0 aliphatic heterocycles. The molecule has 2 N–H and O–H groups in total. The summed E-state index contributed by atoms with van der Waals surface area (Å²) in [6.07, 6.45) is 10.5. The molecule has 2 nitrogen and oxygen atoms in total. The molecule has 0 amide bonds. The van der Waals surface area contributed by atoms with Crippen molar-refractivity contribution in [3.05, 3.63) is 49.5 Å². The summed E-state index contributed by atoms with van der Waals surface area (Å²) in [6, 6.07) is 0. The summed E-state index contributed by atoms with van der Waals surface area (Å²) >= 11 is 0. The number of aliphatic hydroxyl groups is 2. The highest BCUT2D eigenvalue weighted by Crippen LogP contribution is 1.69. The molecule has 0 bridgehead atoms. The van der Waals surface area contributed by atoms with E-state index in [0.717, 1.165) is 12.5 Å². The predicted octanol–water partition coefficient (Wildman–Crippen LogP) is 5.18. The summed E-state index contributed by atoms with van der Waals surface area (Å²) in [5.41, 5.74) is 0. The highest BCUT2D eigenvalue weighted by molar-refractivity contribution is 4.96. The summed E-state index contributed by atoms with van der Waals surface area (Å²) in [7, 11) is 0. The zero-order chi connectivity index (χ0) is 10.9. The van der Waals surface area contributed by atoms with Crippen LogP contribution < -0.4 is 0 Å². The van der Waals surface area contributed by atoms with E-state index in [9.17, 15) is 0 Å². The molecule has 0 aromatic heterocycles. The van der Waals surface area contributed by atoms with E-state index in [2.05, 4.69) is 6.58 Å². The van der Waals surface area contributed by atoms with Gasteiger partial charge in [-0.1, -0.05) is 39.2 Å². The van der Waals surface area contributed by atoms with E-state index < -0.39 is 0 Å². The number of rotatable bonds is 1. The summed E-state index contributed by atoms with van der Waals surface area (Å²) in [6.45, 7) is 8.89. The molecule has 2 heteroatoms. The Balaban J connectivity index is -0.0000000332. The summed E-state index contributed by atoms with van der Waals surface area (Å²) < 4.78 is 0. The van der Waals surface area contributed by atoms with Gasteiger partial charge in [0.2, 0.25) is 0 Å². The molecule has 0 radical (unpaired) electrons. The molecule has 0 fully saturated rings. The molecule has 0 rings (SSSR count). The third-order valence-corrected chi connectivity index (χ3v) is 0.539. The summed E-state index contributed by atoms with van der Waals surface area (Å²) in [5.74, 6) is 0. The molecular weight excluding hydrogens is 188 g/mol. The van der Waals surface area contributed by atoms with Crippen LogP contribution >= 0.6 is 0 Å². The van der Waals surface area contributed by atoms with Gasteiger partial charge in [0.25, 0.3) is 0 Å². The molecule has 0 heterocycles. The average molecular weight is 216 g/mol. The third kappa shape index (κ3) is 214. The second-order valence-electron chi connectivity index (χ2n) is 1.76. The Hall–Kier alpha value is -1.44. The van der Waals surface area contributed by atoms with E-state index in [1.807, 2.05) is 19.9 Å². The van der Waals surface area contributed by atoms with Gasteiger partial charge < -0.3 is 10.2 Å². The van der Waals surface area contributed by atoms with Crippen LogP contribution in [-0.4, -0.2) is 10.2 Å². The molecule has 0 saturated heterocycles. The average Bonchev–Trinajstić information content (AvgIpc) is 2.16. The van der Waals surface area contributed by atoms with Gasteiger partial charge in [-0.2, -0.15) is 0 Å². The van der Waals surface area contributed by atoms with Crippen LogP contribution in [-0.2, 0) is 0 Å². The van der Waals surface area contributed by atoms with E-state index in [0.29, 0.717) is 0 Å². The minimum Gasteiger partial charge on any atom is -0.516 e. The van der Waals surface area contributed by atoms with E-state index in [1.54, 1.807) is 31.2 Å². The SMILES string of the molecule is C.C.C/C=C/C=C\O.C/C=C\O.C=CC. The normalized spacial score (nSPS) is 7.93. The highest BCUT2D eigenvalue weighted by atomic mass is 16.2.